The molecular formula is C23H16O2. The zero-order valence-corrected chi connectivity index (χ0v) is 13.6. The first-order valence-electron chi connectivity index (χ1n) is 8.17. The maximum absolute atomic E-state index is 12.1. The molecule has 4 aromatic rings. The fourth-order valence-corrected chi connectivity index (χ4v) is 2.88. The lowest BCUT2D eigenvalue weighted by Gasteiger charge is -2.03. The van der Waals surface area contributed by atoms with Gasteiger partial charge in [-0.15, -0.1) is 0 Å². The van der Waals surface area contributed by atoms with Crippen molar-refractivity contribution in [2.45, 2.75) is 0 Å². The number of fused-ring (bicyclic) bond motifs is 1. The van der Waals surface area contributed by atoms with Crippen LogP contribution in [0.1, 0.15) is 16.1 Å². The van der Waals surface area contributed by atoms with Crippen LogP contribution >= 0.6 is 0 Å². The topological polar surface area (TPSA) is 30.2 Å². The first-order chi connectivity index (χ1) is 12.3. The van der Waals surface area contributed by atoms with Gasteiger partial charge in [0.25, 0.3) is 0 Å². The molecule has 4 rings (SSSR count). The quantitative estimate of drug-likeness (QED) is 0.340. The Morgan fingerprint density at radius 2 is 1.52 bits per heavy atom. The second kappa shape index (κ2) is 6.62. The average molecular weight is 324 g/mol. The van der Waals surface area contributed by atoms with Gasteiger partial charge in [-0.3, -0.25) is 4.79 Å². The summed E-state index contributed by atoms with van der Waals surface area (Å²) < 4.78 is 5.93. The summed E-state index contributed by atoms with van der Waals surface area (Å²) in [6.45, 7) is 0. The third-order valence-corrected chi connectivity index (χ3v) is 4.14. The Kier molecular flexibility index (Phi) is 4.01. The largest absolute Gasteiger partial charge is 0.457 e. The monoisotopic (exact) mass is 324 g/mol. The minimum Gasteiger partial charge on any atom is -0.457 e. The number of benzene rings is 3. The second-order valence-electron chi connectivity index (χ2n) is 5.79. The zero-order valence-electron chi connectivity index (χ0n) is 13.6. The molecule has 2 nitrogen and oxygen atoms in total. The Balaban J connectivity index is 1.62. The SMILES string of the molecule is O=C(/C=C/c1ccc(-c2cccc3ccccc23)o1)c1ccccc1. The van der Waals surface area contributed by atoms with Crippen LogP contribution in [0.15, 0.2) is 95.4 Å². The van der Waals surface area contributed by atoms with E-state index in [1.165, 1.54) is 5.39 Å². The maximum atomic E-state index is 12.1. The Bertz CT molecular complexity index is 1050. The molecule has 0 aliphatic carbocycles. The number of allylic oxidation sites excluding steroid dienone is 1. The molecule has 0 saturated carbocycles. The number of carbonyl (C=O) groups excluding carboxylic acids is 1. The van der Waals surface area contributed by atoms with Crippen LogP contribution in [0.5, 0.6) is 0 Å². The standard InChI is InChI=1S/C23H16O2/c24-22(18-8-2-1-3-9-18)15-13-19-14-16-23(25-19)21-12-6-10-17-7-4-5-11-20(17)21/h1-16H/b15-13+. The van der Waals surface area contributed by atoms with Crippen molar-refractivity contribution in [1.82, 2.24) is 0 Å². The van der Waals surface area contributed by atoms with Crippen LogP contribution in [0.2, 0.25) is 0 Å². The van der Waals surface area contributed by atoms with Crippen molar-refractivity contribution in [2.24, 2.45) is 0 Å². The lowest BCUT2D eigenvalue weighted by atomic mass is 10.0. The number of hydrogen-bond donors (Lipinski definition) is 0. The summed E-state index contributed by atoms with van der Waals surface area (Å²) in [5.74, 6) is 1.42. The number of hydrogen-bond acceptors (Lipinski definition) is 2. The molecule has 0 aliphatic heterocycles. The van der Waals surface area contributed by atoms with Gasteiger partial charge >= 0.3 is 0 Å². The van der Waals surface area contributed by atoms with Gasteiger partial charge in [0.1, 0.15) is 11.5 Å². The highest BCUT2D eigenvalue weighted by molar-refractivity contribution is 6.06. The molecule has 0 fully saturated rings. The molecule has 1 heterocycles. The van der Waals surface area contributed by atoms with Gasteiger partial charge in [0, 0.05) is 11.1 Å². The molecular weight excluding hydrogens is 308 g/mol. The summed E-state index contributed by atoms with van der Waals surface area (Å²) in [5, 5.41) is 2.32. The lowest BCUT2D eigenvalue weighted by Crippen LogP contribution is -1.92. The van der Waals surface area contributed by atoms with Gasteiger partial charge in [-0.25, -0.2) is 0 Å². The van der Waals surface area contributed by atoms with Crippen molar-refractivity contribution >= 4 is 22.6 Å². The van der Waals surface area contributed by atoms with Crippen LogP contribution in [-0.4, -0.2) is 5.78 Å². The number of rotatable bonds is 4. The van der Waals surface area contributed by atoms with E-state index in [0.717, 1.165) is 16.7 Å². The van der Waals surface area contributed by atoms with Gasteiger partial charge < -0.3 is 4.42 Å². The van der Waals surface area contributed by atoms with Crippen molar-refractivity contribution in [3.8, 4) is 11.3 Å². The molecule has 120 valence electrons. The first kappa shape index (κ1) is 15.2. The van der Waals surface area contributed by atoms with E-state index in [9.17, 15) is 4.79 Å². The summed E-state index contributed by atoms with van der Waals surface area (Å²) in [7, 11) is 0. The lowest BCUT2D eigenvalue weighted by molar-refractivity contribution is 0.104. The minimum atomic E-state index is -0.0382. The minimum absolute atomic E-state index is 0.0382. The van der Waals surface area contributed by atoms with Crippen LogP contribution in [0, 0.1) is 0 Å². The third kappa shape index (κ3) is 3.15. The van der Waals surface area contributed by atoms with Crippen LogP contribution in [0.4, 0.5) is 0 Å². The molecule has 0 amide bonds. The van der Waals surface area contributed by atoms with Gasteiger partial charge in [0.2, 0.25) is 0 Å². The molecule has 0 N–H and O–H groups in total. The van der Waals surface area contributed by atoms with Gasteiger partial charge in [0.15, 0.2) is 5.78 Å². The van der Waals surface area contributed by atoms with E-state index in [1.54, 1.807) is 24.3 Å². The van der Waals surface area contributed by atoms with E-state index in [1.807, 2.05) is 54.6 Å². The summed E-state index contributed by atoms with van der Waals surface area (Å²) in [4.78, 5) is 12.1. The Morgan fingerprint density at radius 1 is 0.760 bits per heavy atom. The van der Waals surface area contributed by atoms with Crippen molar-refractivity contribution in [1.29, 1.82) is 0 Å². The number of furan rings is 1. The van der Waals surface area contributed by atoms with Crippen molar-refractivity contribution in [2.75, 3.05) is 0 Å². The maximum Gasteiger partial charge on any atom is 0.185 e. The van der Waals surface area contributed by atoms with Crippen LogP contribution in [0.25, 0.3) is 28.2 Å². The van der Waals surface area contributed by atoms with Crippen LogP contribution in [0.3, 0.4) is 0 Å². The highest BCUT2D eigenvalue weighted by Crippen LogP contribution is 2.30. The molecule has 25 heavy (non-hydrogen) atoms. The van der Waals surface area contributed by atoms with Gasteiger partial charge in [0.05, 0.1) is 0 Å². The van der Waals surface area contributed by atoms with Crippen molar-refractivity contribution in [3.05, 3.63) is 102 Å². The van der Waals surface area contributed by atoms with E-state index in [4.69, 9.17) is 4.42 Å². The predicted octanol–water partition coefficient (Wildman–Crippen LogP) is 6.00. The molecule has 2 heteroatoms. The van der Waals surface area contributed by atoms with E-state index in [2.05, 4.69) is 18.2 Å². The average Bonchev–Trinajstić information content (AvgIpc) is 3.15. The predicted molar refractivity (Wildman–Crippen MR) is 101 cm³/mol. The second-order valence-corrected chi connectivity index (χ2v) is 5.79. The highest BCUT2D eigenvalue weighted by atomic mass is 16.3. The first-order valence-corrected chi connectivity index (χ1v) is 8.17. The fraction of sp³-hybridized carbons (Fsp3) is 0. The Labute approximate surface area is 146 Å². The third-order valence-electron chi connectivity index (χ3n) is 4.14. The summed E-state index contributed by atoms with van der Waals surface area (Å²) >= 11 is 0. The molecule has 0 unspecified atom stereocenters. The van der Waals surface area contributed by atoms with E-state index in [0.29, 0.717) is 11.3 Å². The number of ketones is 1. The molecule has 0 saturated heterocycles. The van der Waals surface area contributed by atoms with Crippen LogP contribution in [-0.2, 0) is 0 Å². The Hall–Kier alpha value is -3.39. The van der Waals surface area contributed by atoms with E-state index < -0.39 is 0 Å². The molecule has 0 spiro atoms. The smallest absolute Gasteiger partial charge is 0.185 e. The normalized spacial score (nSPS) is 11.2. The van der Waals surface area contributed by atoms with Crippen LogP contribution < -0.4 is 0 Å². The number of carbonyl (C=O) groups is 1. The van der Waals surface area contributed by atoms with Crippen molar-refractivity contribution in [3.63, 3.8) is 0 Å². The molecule has 0 radical (unpaired) electrons. The fourth-order valence-electron chi connectivity index (χ4n) is 2.88. The van der Waals surface area contributed by atoms with Crippen molar-refractivity contribution < 1.29 is 9.21 Å². The Morgan fingerprint density at radius 3 is 2.40 bits per heavy atom. The molecule has 1 aromatic heterocycles. The molecule has 0 aliphatic rings. The molecule has 0 bridgehead atoms. The highest BCUT2D eigenvalue weighted by Gasteiger charge is 2.07. The van der Waals surface area contributed by atoms with E-state index in [-0.39, 0.29) is 5.78 Å². The van der Waals surface area contributed by atoms with Gasteiger partial charge in [-0.2, -0.15) is 0 Å². The zero-order chi connectivity index (χ0) is 17.1. The van der Waals surface area contributed by atoms with Gasteiger partial charge in [-0.05, 0) is 35.1 Å². The molecule has 0 atom stereocenters. The molecule has 3 aromatic carbocycles. The summed E-state index contributed by atoms with van der Waals surface area (Å²) in [5.41, 5.74) is 1.71. The summed E-state index contributed by atoms with van der Waals surface area (Å²) in [6, 6.07) is 27.4. The van der Waals surface area contributed by atoms with Gasteiger partial charge in [-0.1, -0.05) is 72.8 Å². The summed E-state index contributed by atoms with van der Waals surface area (Å²) in [6.07, 6.45) is 3.25. The van der Waals surface area contributed by atoms with E-state index >= 15 is 0 Å².